The van der Waals surface area contributed by atoms with Crippen molar-refractivity contribution in [2.24, 2.45) is 11.5 Å². The fourth-order valence-corrected chi connectivity index (χ4v) is 9.45. The highest BCUT2D eigenvalue weighted by Crippen LogP contribution is 2.41. The average molecular weight is 999 g/mol. The Labute approximate surface area is 425 Å². The van der Waals surface area contributed by atoms with Crippen molar-refractivity contribution in [1.29, 1.82) is 10.8 Å². The highest BCUT2D eigenvalue weighted by Gasteiger charge is 2.28. The number of carboxylic acids is 1. The smallest absolute Gasteiger partial charge is 0.341 e. The van der Waals surface area contributed by atoms with Crippen LogP contribution in [0.25, 0.3) is 11.3 Å². The zero-order chi connectivity index (χ0) is 52.5. The van der Waals surface area contributed by atoms with Crippen LogP contribution in [0.4, 0.5) is 0 Å². The normalized spacial score (nSPS) is 13.2. The van der Waals surface area contributed by atoms with E-state index in [4.69, 9.17) is 27.0 Å². The molecule has 10 rings (SSSR count). The molecule has 0 atom stereocenters. The number of ketones is 2. The van der Waals surface area contributed by atoms with E-state index in [-0.39, 0.29) is 53.4 Å². The number of imidazole rings is 2. The molecule has 0 aliphatic heterocycles. The maximum absolute atomic E-state index is 12.9. The fraction of sp³-hybridized carbons (Fsp3) is 0.333. The van der Waals surface area contributed by atoms with Gasteiger partial charge in [-0.1, -0.05) is 10.4 Å². The Bertz CT molecular complexity index is 3510. The van der Waals surface area contributed by atoms with E-state index < -0.39 is 5.97 Å². The lowest BCUT2D eigenvalue weighted by Crippen LogP contribution is -2.12. The molecular formula is C54H58N14O6. The number of Topliss-reactive ketones (excluding diaryl/α,β-unsaturated/α-hetero) is 2. The molecule has 6 heterocycles. The summed E-state index contributed by atoms with van der Waals surface area (Å²) in [5.41, 5.74) is 24.3. The second-order valence-electron chi connectivity index (χ2n) is 19.3. The van der Waals surface area contributed by atoms with Gasteiger partial charge in [0.25, 0.3) is 0 Å². The number of carbonyl (C=O) groups is 4. The fourth-order valence-electron chi connectivity index (χ4n) is 9.45. The predicted molar refractivity (Wildman–Crippen MR) is 275 cm³/mol. The van der Waals surface area contributed by atoms with Crippen molar-refractivity contribution in [2.75, 3.05) is 6.61 Å². The quantitative estimate of drug-likeness (QED) is 0.0236. The van der Waals surface area contributed by atoms with E-state index in [0.29, 0.717) is 89.3 Å². The second kappa shape index (κ2) is 20.8. The van der Waals surface area contributed by atoms with Crippen LogP contribution in [-0.4, -0.2) is 95.6 Å². The molecule has 0 bridgehead atoms. The van der Waals surface area contributed by atoms with Gasteiger partial charge in [-0.2, -0.15) is 0 Å². The average Bonchev–Trinajstić information content (AvgIpc) is 4.19. The Hall–Kier alpha value is -8.68. The summed E-state index contributed by atoms with van der Waals surface area (Å²) in [6, 6.07) is 11.1. The van der Waals surface area contributed by atoms with E-state index >= 15 is 0 Å². The molecule has 74 heavy (non-hydrogen) atoms. The summed E-state index contributed by atoms with van der Waals surface area (Å²) >= 11 is 0. The van der Waals surface area contributed by atoms with Crippen molar-refractivity contribution in [3.63, 3.8) is 0 Å². The largest absolute Gasteiger partial charge is 0.478 e. The summed E-state index contributed by atoms with van der Waals surface area (Å²) in [7, 11) is 0. The van der Waals surface area contributed by atoms with E-state index in [0.717, 1.165) is 70.2 Å². The number of esters is 1. The molecular weight excluding hydrogens is 941 g/mol. The lowest BCUT2D eigenvalue weighted by Gasteiger charge is -2.11. The van der Waals surface area contributed by atoms with Crippen LogP contribution in [0.1, 0.15) is 166 Å². The number of hydrogen-bond acceptors (Lipinski definition) is 13. The number of aryl methyl sites for hydroxylation is 4. The first-order valence-corrected chi connectivity index (χ1v) is 24.6. The van der Waals surface area contributed by atoms with Gasteiger partial charge in [-0.3, -0.25) is 20.4 Å². The van der Waals surface area contributed by atoms with Crippen LogP contribution in [0.3, 0.4) is 0 Å². The number of carboxylic acid groups (broad SMARTS) is 1. The third-order valence-corrected chi connectivity index (χ3v) is 13.6. The van der Waals surface area contributed by atoms with Crippen molar-refractivity contribution in [3.05, 3.63) is 163 Å². The van der Waals surface area contributed by atoms with Crippen molar-refractivity contribution in [2.45, 2.75) is 111 Å². The van der Waals surface area contributed by atoms with E-state index in [2.05, 4.69) is 30.6 Å². The number of nitrogens with one attached hydrogen (secondary N) is 2. The molecule has 20 nitrogen and oxygen atoms in total. The molecule has 20 heteroatoms. The van der Waals surface area contributed by atoms with Gasteiger partial charge in [-0.05, 0) is 166 Å². The number of hydrogen-bond donors (Lipinski definition) is 5. The van der Waals surface area contributed by atoms with Crippen molar-refractivity contribution in [1.82, 2.24) is 48.8 Å². The molecule has 2 aromatic carbocycles. The molecule has 0 spiro atoms. The molecule has 380 valence electrons. The highest BCUT2D eigenvalue weighted by molar-refractivity contribution is 5.98. The van der Waals surface area contributed by atoms with Gasteiger partial charge in [0.15, 0.2) is 22.9 Å². The Morgan fingerprint density at radius 2 is 1.03 bits per heavy atom. The molecule has 2 fully saturated rings. The lowest BCUT2D eigenvalue weighted by molar-refractivity contribution is 0.0527. The number of nitrogens with zero attached hydrogens (tertiary/aromatic N) is 10. The molecule has 6 aromatic heterocycles. The zero-order valence-corrected chi connectivity index (χ0v) is 42.0. The van der Waals surface area contributed by atoms with Gasteiger partial charge in [0, 0.05) is 48.8 Å². The number of rotatable bonds is 19. The van der Waals surface area contributed by atoms with E-state index in [1.54, 1.807) is 40.7 Å². The van der Waals surface area contributed by atoms with Crippen LogP contribution in [0.2, 0.25) is 0 Å². The van der Waals surface area contributed by atoms with Crippen LogP contribution in [-0.2, 0) is 30.7 Å². The van der Waals surface area contributed by atoms with Crippen LogP contribution in [0.15, 0.2) is 73.6 Å². The van der Waals surface area contributed by atoms with Gasteiger partial charge in [0.2, 0.25) is 0 Å². The van der Waals surface area contributed by atoms with E-state index in [1.807, 2.05) is 81.0 Å². The Balaban J connectivity index is 0.000000182. The number of nitrogen functional groups attached to an aromatic ring is 2. The topological polar surface area (TPSA) is 293 Å². The number of nitrogens with two attached hydrogens (primary N) is 2. The summed E-state index contributed by atoms with van der Waals surface area (Å²) < 4.78 is 12.0. The summed E-state index contributed by atoms with van der Waals surface area (Å²) in [6.45, 7) is 10.5. The Kier molecular flexibility index (Phi) is 14.1. The molecule has 0 saturated heterocycles. The third-order valence-electron chi connectivity index (χ3n) is 13.6. The maximum Gasteiger partial charge on any atom is 0.341 e. The van der Waals surface area contributed by atoms with Crippen LogP contribution < -0.4 is 11.5 Å². The summed E-state index contributed by atoms with van der Waals surface area (Å²) in [4.78, 5) is 59.2. The first-order valence-electron chi connectivity index (χ1n) is 24.6. The SMILES string of the molecule is CCOC(=O)c1cc(C2CC2)cn2cc(Cn3cc(C(=O)CCc4c(C)cc(C(=N)N)cc4C)nn3)nc12.Cc1cc(C(=N)N)cc(C)c1CCC(=O)c1cn(Cc2cn3cc(C4CC4)cc(C(=O)O)c3n2)nn1. The molecule has 0 radical (unpaired) electrons. The Morgan fingerprint density at radius 3 is 1.41 bits per heavy atom. The first-order chi connectivity index (χ1) is 35.4. The summed E-state index contributed by atoms with van der Waals surface area (Å²) in [6.07, 6.45) is 16.9. The third kappa shape index (κ3) is 11.2. The zero-order valence-electron chi connectivity index (χ0n) is 42.0. The minimum absolute atomic E-state index is 0.0218. The molecule has 2 saturated carbocycles. The van der Waals surface area contributed by atoms with Gasteiger partial charge >= 0.3 is 11.9 Å². The minimum Gasteiger partial charge on any atom is -0.478 e. The number of ether oxygens (including phenoxy) is 1. The summed E-state index contributed by atoms with van der Waals surface area (Å²) in [5, 5.41) is 41.3. The van der Waals surface area contributed by atoms with Crippen LogP contribution in [0, 0.1) is 38.5 Å². The molecule has 7 N–H and O–H groups in total. The van der Waals surface area contributed by atoms with Crippen molar-refractivity contribution in [3.8, 4) is 0 Å². The molecule has 0 amide bonds. The molecule has 8 aromatic rings. The van der Waals surface area contributed by atoms with Gasteiger partial charge in [0.1, 0.15) is 34.2 Å². The Morgan fingerprint density at radius 1 is 0.622 bits per heavy atom. The first kappa shape index (κ1) is 50.3. The second-order valence-corrected chi connectivity index (χ2v) is 19.3. The maximum atomic E-state index is 12.9. The summed E-state index contributed by atoms with van der Waals surface area (Å²) in [5.74, 6) is -0.659. The predicted octanol–water partition coefficient (Wildman–Crippen LogP) is 7.01. The standard InChI is InChI=1S/C28H31N7O3.C26H27N7O3/c1-4-38-28(37)23-11-20(18-5-6-18)12-34-13-21(31-27(23)34)14-35-15-24(32-33-35)25(36)8-7-22-16(2)9-19(26(29)30)10-17(22)3;1-14-7-17(24(27)28)8-15(2)20(14)5-6-23(34)22-13-33(31-30-22)12-19-11-32-10-18(16-3-4-16)9-21(26(35)36)25(32)29-19/h9-13,15,18H,4-8,14H2,1-3H3,(H3,29,30);7-11,13,16H,3-6,12H2,1-2H3,(H3,27,28)(H,35,36). The number of amidine groups is 2. The van der Waals surface area contributed by atoms with Gasteiger partial charge in [-0.25, -0.2) is 28.9 Å². The van der Waals surface area contributed by atoms with E-state index in [1.165, 1.54) is 4.68 Å². The lowest BCUT2D eigenvalue weighted by atomic mass is 9.94. The number of benzene rings is 2. The van der Waals surface area contributed by atoms with Crippen molar-refractivity contribution >= 4 is 46.5 Å². The molecule has 0 unspecified atom stereocenters. The van der Waals surface area contributed by atoms with Crippen LogP contribution >= 0.6 is 0 Å². The van der Waals surface area contributed by atoms with Gasteiger partial charge in [-0.15, -0.1) is 10.2 Å². The van der Waals surface area contributed by atoms with Crippen molar-refractivity contribution < 1.29 is 29.0 Å². The number of pyridine rings is 2. The van der Waals surface area contributed by atoms with E-state index in [9.17, 15) is 24.3 Å². The molecule has 2 aliphatic rings. The number of aromatic carboxylic acids is 1. The number of fused-ring (bicyclic) bond motifs is 2. The highest BCUT2D eigenvalue weighted by atomic mass is 16.5. The van der Waals surface area contributed by atoms with Gasteiger partial charge < -0.3 is 30.1 Å². The molecule has 2 aliphatic carbocycles. The monoisotopic (exact) mass is 998 g/mol. The van der Waals surface area contributed by atoms with Crippen LogP contribution in [0.5, 0.6) is 0 Å². The number of carbonyl (C=O) groups excluding carboxylic acids is 3. The van der Waals surface area contributed by atoms with Gasteiger partial charge in [0.05, 0.1) is 43.5 Å². The minimum atomic E-state index is -1.00. The number of aromatic nitrogens is 10.